The predicted octanol–water partition coefficient (Wildman–Crippen LogP) is 4.63. The van der Waals surface area contributed by atoms with Crippen LogP contribution in [0.2, 0.25) is 5.02 Å². The maximum absolute atomic E-state index is 10.8. The van der Waals surface area contributed by atoms with E-state index in [1.54, 1.807) is 0 Å². The third-order valence-electron chi connectivity index (χ3n) is 4.50. The molecule has 0 amide bonds. The summed E-state index contributed by atoms with van der Waals surface area (Å²) in [6.07, 6.45) is 0.165. The summed E-state index contributed by atoms with van der Waals surface area (Å²) in [4.78, 5) is 0. The van der Waals surface area contributed by atoms with Crippen molar-refractivity contribution in [1.29, 1.82) is 0 Å². The molecule has 1 atom stereocenters. The summed E-state index contributed by atoms with van der Waals surface area (Å²) in [5.41, 5.74) is 3.82. The molecule has 3 N–H and O–H groups in total. The van der Waals surface area contributed by atoms with Gasteiger partial charge >= 0.3 is 0 Å². The van der Waals surface area contributed by atoms with Crippen LogP contribution in [0, 0.1) is 0 Å². The topological polar surface area (TPSA) is 44.3 Å². The van der Waals surface area contributed by atoms with Gasteiger partial charge in [0.25, 0.3) is 0 Å². The highest BCUT2D eigenvalue weighted by molar-refractivity contribution is 7.80. The molecule has 3 aromatic rings. The van der Waals surface area contributed by atoms with Gasteiger partial charge in [-0.15, -0.1) is 0 Å². The Labute approximate surface area is 176 Å². The Morgan fingerprint density at radius 2 is 1.61 bits per heavy atom. The minimum absolute atomic E-state index is 0.508. The number of thiocarbonyl (C=S) groups is 1. The lowest BCUT2D eigenvalue weighted by molar-refractivity contribution is 0.219. The first-order valence-corrected chi connectivity index (χ1v) is 9.99. The Balaban J connectivity index is 1.58. The molecular formula is C23H23ClN2OS. The number of halogens is 1. The Bertz CT molecular complexity index is 903. The molecule has 0 aromatic heterocycles. The molecule has 3 rings (SSSR count). The Morgan fingerprint density at radius 1 is 0.929 bits per heavy atom. The highest BCUT2D eigenvalue weighted by Gasteiger charge is 2.15. The standard InChI is InChI=1S/C23H23ClN2OS/c24-20-12-11-19(21(15-20)22(27)18-9-5-2-6-10-18)16-26-23(28)25-14-13-17-7-3-1-4-8-17/h1-12,15,22,27H,13-14,16H2,(H2,25,26,28). The smallest absolute Gasteiger partial charge is 0.166 e. The lowest BCUT2D eigenvalue weighted by Gasteiger charge is -2.18. The van der Waals surface area contributed by atoms with E-state index in [4.69, 9.17) is 23.8 Å². The van der Waals surface area contributed by atoms with Crippen LogP contribution in [0.3, 0.4) is 0 Å². The minimum atomic E-state index is -0.740. The second-order valence-corrected chi connectivity index (χ2v) is 7.35. The van der Waals surface area contributed by atoms with Gasteiger partial charge in [0.2, 0.25) is 0 Å². The number of aliphatic hydroxyl groups is 1. The van der Waals surface area contributed by atoms with Crippen LogP contribution >= 0.6 is 23.8 Å². The van der Waals surface area contributed by atoms with Crippen LogP contribution < -0.4 is 10.6 Å². The molecule has 0 spiro atoms. The molecule has 3 nitrogen and oxygen atoms in total. The van der Waals surface area contributed by atoms with Gasteiger partial charge in [-0.25, -0.2) is 0 Å². The third-order valence-corrected chi connectivity index (χ3v) is 5.02. The van der Waals surface area contributed by atoms with Crippen molar-refractivity contribution >= 4 is 28.9 Å². The molecule has 0 aliphatic heterocycles. The van der Waals surface area contributed by atoms with Crippen LogP contribution in [0.25, 0.3) is 0 Å². The van der Waals surface area contributed by atoms with E-state index >= 15 is 0 Å². The molecule has 0 aliphatic rings. The summed E-state index contributed by atoms with van der Waals surface area (Å²) in [5, 5.41) is 18.4. The Kier molecular flexibility index (Phi) is 7.43. The summed E-state index contributed by atoms with van der Waals surface area (Å²) in [7, 11) is 0. The van der Waals surface area contributed by atoms with Gasteiger partial charge in [-0.1, -0.05) is 78.3 Å². The summed E-state index contributed by atoms with van der Waals surface area (Å²) >= 11 is 11.6. The van der Waals surface area contributed by atoms with Crippen LogP contribution in [0.4, 0.5) is 0 Å². The first-order chi connectivity index (χ1) is 13.6. The van der Waals surface area contributed by atoms with Crippen molar-refractivity contribution in [3.8, 4) is 0 Å². The SMILES string of the molecule is OC(c1ccccc1)c1cc(Cl)ccc1CNC(=S)NCCc1ccccc1. The van der Waals surface area contributed by atoms with Crippen molar-refractivity contribution in [1.82, 2.24) is 10.6 Å². The number of rotatable bonds is 7. The average Bonchev–Trinajstić information content (AvgIpc) is 2.73. The van der Waals surface area contributed by atoms with Crippen LogP contribution in [-0.2, 0) is 13.0 Å². The van der Waals surface area contributed by atoms with E-state index in [1.165, 1.54) is 5.56 Å². The molecule has 0 fully saturated rings. The number of hydrogen-bond acceptors (Lipinski definition) is 2. The van der Waals surface area contributed by atoms with Crippen LogP contribution in [0.1, 0.15) is 28.4 Å². The van der Waals surface area contributed by atoms with E-state index in [2.05, 4.69) is 22.8 Å². The van der Waals surface area contributed by atoms with Gasteiger partial charge in [0.1, 0.15) is 6.10 Å². The predicted molar refractivity (Wildman–Crippen MR) is 120 cm³/mol. The molecule has 0 radical (unpaired) electrons. The van der Waals surface area contributed by atoms with Crippen LogP contribution in [0.15, 0.2) is 78.9 Å². The van der Waals surface area contributed by atoms with Gasteiger partial charge in [0, 0.05) is 18.1 Å². The normalized spacial score (nSPS) is 11.6. The fourth-order valence-electron chi connectivity index (χ4n) is 3.00. The van der Waals surface area contributed by atoms with Crippen molar-refractivity contribution in [2.75, 3.05) is 6.54 Å². The summed E-state index contributed by atoms with van der Waals surface area (Å²) in [6.45, 7) is 1.27. The molecule has 0 saturated heterocycles. The fourth-order valence-corrected chi connectivity index (χ4v) is 3.35. The van der Waals surface area contributed by atoms with Gasteiger partial charge in [-0.3, -0.25) is 0 Å². The van der Waals surface area contributed by atoms with Gasteiger partial charge in [-0.05, 0) is 53.0 Å². The zero-order chi connectivity index (χ0) is 19.8. The average molecular weight is 411 g/mol. The number of nitrogens with one attached hydrogen (secondary N) is 2. The highest BCUT2D eigenvalue weighted by Crippen LogP contribution is 2.27. The molecule has 0 saturated carbocycles. The summed E-state index contributed by atoms with van der Waals surface area (Å²) < 4.78 is 0. The lowest BCUT2D eigenvalue weighted by Crippen LogP contribution is -2.36. The number of aliphatic hydroxyl groups excluding tert-OH is 1. The Morgan fingerprint density at radius 3 is 2.32 bits per heavy atom. The highest BCUT2D eigenvalue weighted by atomic mass is 35.5. The second kappa shape index (κ2) is 10.2. The zero-order valence-corrected chi connectivity index (χ0v) is 17.0. The first kappa shape index (κ1) is 20.3. The van der Waals surface area contributed by atoms with Crippen molar-refractivity contribution < 1.29 is 5.11 Å². The quantitative estimate of drug-likeness (QED) is 0.497. The van der Waals surface area contributed by atoms with E-state index in [9.17, 15) is 5.11 Å². The van der Waals surface area contributed by atoms with E-state index in [0.29, 0.717) is 16.7 Å². The molecule has 3 aromatic carbocycles. The van der Waals surface area contributed by atoms with Gasteiger partial charge in [-0.2, -0.15) is 0 Å². The molecule has 1 unspecified atom stereocenters. The van der Waals surface area contributed by atoms with Crippen molar-refractivity contribution in [2.45, 2.75) is 19.1 Å². The van der Waals surface area contributed by atoms with Gasteiger partial charge in [0.15, 0.2) is 5.11 Å². The monoisotopic (exact) mass is 410 g/mol. The van der Waals surface area contributed by atoms with Crippen LogP contribution in [-0.4, -0.2) is 16.8 Å². The van der Waals surface area contributed by atoms with E-state index in [1.807, 2.05) is 66.7 Å². The molecule has 0 heterocycles. The number of benzene rings is 3. The van der Waals surface area contributed by atoms with Crippen molar-refractivity contribution in [3.63, 3.8) is 0 Å². The number of hydrogen-bond donors (Lipinski definition) is 3. The summed E-state index contributed by atoms with van der Waals surface area (Å²) in [6, 6.07) is 25.4. The molecule has 0 bridgehead atoms. The second-order valence-electron chi connectivity index (χ2n) is 6.50. The van der Waals surface area contributed by atoms with E-state index < -0.39 is 6.10 Å². The Hall–Kier alpha value is -2.40. The first-order valence-electron chi connectivity index (χ1n) is 9.20. The largest absolute Gasteiger partial charge is 0.384 e. The molecular weight excluding hydrogens is 388 g/mol. The lowest BCUT2D eigenvalue weighted by atomic mass is 9.97. The van der Waals surface area contributed by atoms with Gasteiger partial charge < -0.3 is 15.7 Å². The third kappa shape index (κ3) is 5.80. The van der Waals surface area contributed by atoms with Crippen molar-refractivity contribution in [2.24, 2.45) is 0 Å². The molecule has 0 aliphatic carbocycles. The molecule has 5 heteroatoms. The maximum Gasteiger partial charge on any atom is 0.166 e. The summed E-state index contributed by atoms with van der Waals surface area (Å²) in [5.74, 6) is 0. The van der Waals surface area contributed by atoms with Crippen LogP contribution in [0.5, 0.6) is 0 Å². The minimum Gasteiger partial charge on any atom is -0.384 e. The molecule has 28 heavy (non-hydrogen) atoms. The fraction of sp³-hybridized carbons (Fsp3) is 0.174. The van der Waals surface area contributed by atoms with Crippen molar-refractivity contribution in [3.05, 3.63) is 106 Å². The van der Waals surface area contributed by atoms with E-state index in [-0.39, 0.29) is 0 Å². The van der Waals surface area contributed by atoms with E-state index in [0.717, 1.165) is 29.7 Å². The molecule has 144 valence electrons. The zero-order valence-electron chi connectivity index (χ0n) is 15.4. The van der Waals surface area contributed by atoms with Gasteiger partial charge in [0.05, 0.1) is 0 Å². The maximum atomic E-state index is 10.8.